The number of benzene rings is 2. The highest BCUT2D eigenvalue weighted by Crippen LogP contribution is 2.30. The number of hydrogen-bond donors (Lipinski definition) is 1. The predicted molar refractivity (Wildman–Crippen MR) is 86.9 cm³/mol. The predicted octanol–water partition coefficient (Wildman–Crippen LogP) is 4.75. The molecule has 0 aromatic heterocycles. The Kier molecular flexibility index (Phi) is 5.37. The van der Waals surface area contributed by atoms with Gasteiger partial charge in [0.2, 0.25) is 0 Å². The third kappa shape index (κ3) is 4.05. The summed E-state index contributed by atoms with van der Waals surface area (Å²) in [5, 5.41) is 0. The van der Waals surface area contributed by atoms with Crippen LogP contribution < -0.4 is 10.5 Å². The zero-order valence-electron chi connectivity index (χ0n) is 12.2. The van der Waals surface area contributed by atoms with E-state index in [0.29, 0.717) is 18.0 Å². The second kappa shape index (κ2) is 7.05. The molecule has 0 saturated heterocycles. The first kappa shape index (κ1) is 16.0. The van der Waals surface area contributed by atoms with Gasteiger partial charge in [0, 0.05) is 16.6 Å². The molecule has 2 rings (SSSR count). The van der Waals surface area contributed by atoms with Crippen molar-refractivity contribution in [2.75, 3.05) is 0 Å². The topological polar surface area (TPSA) is 35.2 Å². The van der Waals surface area contributed by atoms with Gasteiger partial charge in [0.15, 0.2) is 0 Å². The lowest BCUT2D eigenvalue weighted by Gasteiger charge is -2.15. The first-order chi connectivity index (χ1) is 10.0. The van der Waals surface area contributed by atoms with Gasteiger partial charge in [-0.3, -0.25) is 0 Å². The zero-order chi connectivity index (χ0) is 15.4. The lowest BCUT2D eigenvalue weighted by Crippen LogP contribution is -2.03. The molecule has 0 heterocycles. The Balaban J connectivity index is 2.16. The van der Waals surface area contributed by atoms with E-state index in [9.17, 15) is 4.39 Å². The van der Waals surface area contributed by atoms with E-state index in [4.69, 9.17) is 10.5 Å². The van der Waals surface area contributed by atoms with Crippen molar-refractivity contribution in [3.63, 3.8) is 0 Å². The summed E-state index contributed by atoms with van der Waals surface area (Å²) in [5.74, 6) is 0.846. The van der Waals surface area contributed by atoms with Gasteiger partial charge in [-0.2, -0.15) is 0 Å². The summed E-state index contributed by atoms with van der Waals surface area (Å²) in [6.45, 7) is 4.75. The van der Waals surface area contributed by atoms with Gasteiger partial charge in [0.05, 0.1) is 0 Å². The molecule has 2 aromatic carbocycles. The number of hydrogen-bond acceptors (Lipinski definition) is 2. The second-order valence-corrected chi connectivity index (χ2v) is 6.17. The highest BCUT2D eigenvalue weighted by molar-refractivity contribution is 9.10. The highest BCUT2D eigenvalue weighted by atomic mass is 79.9. The van der Waals surface area contributed by atoms with E-state index in [1.165, 1.54) is 6.07 Å². The van der Waals surface area contributed by atoms with Gasteiger partial charge < -0.3 is 10.5 Å². The highest BCUT2D eigenvalue weighted by Gasteiger charge is 2.10. The van der Waals surface area contributed by atoms with E-state index in [2.05, 4.69) is 29.8 Å². The van der Waals surface area contributed by atoms with E-state index in [-0.39, 0.29) is 12.4 Å². The molecule has 2 N–H and O–H groups in total. The van der Waals surface area contributed by atoms with Gasteiger partial charge in [0.1, 0.15) is 18.2 Å². The maximum absolute atomic E-state index is 13.9. The van der Waals surface area contributed by atoms with Crippen LogP contribution in [0.2, 0.25) is 0 Å². The molecule has 0 amide bonds. The molecule has 0 aliphatic rings. The molecule has 0 unspecified atom stereocenters. The van der Waals surface area contributed by atoms with Crippen molar-refractivity contribution in [3.8, 4) is 5.75 Å². The average molecular weight is 352 g/mol. The monoisotopic (exact) mass is 351 g/mol. The molecule has 0 saturated carbocycles. The molecule has 4 heteroatoms. The van der Waals surface area contributed by atoms with Crippen molar-refractivity contribution in [3.05, 3.63) is 63.4 Å². The third-order valence-corrected chi connectivity index (χ3v) is 3.82. The van der Waals surface area contributed by atoms with Crippen LogP contribution in [0.4, 0.5) is 4.39 Å². The first-order valence-corrected chi connectivity index (χ1v) is 7.70. The number of ether oxygens (including phenoxy) is 1. The maximum atomic E-state index is 13.9. The van der Waals surface area contributed by atoms with Crippen LogP contribution in [0.15, 0.2) is 40.9 Å². The smallest absolute Gasteiger partial charge is 0.130 e. The van der Waals surface area contributed by atoms with Gasteiger partial charge in [-0.15, -0.1) is 0 Å². The minimum atomic E-state index is -0.277. The Morgan fingerprint density at radius 2 is 1.95 bits per heavy atom. The van der Waals surface area contributed by atoms with E-state index >= 15 is 0 Å². The number of rotatable bonds is 5. The van der Waals surface area contributed by atoms with Crippen LogP contribution in [0.3, 0.4) is 0 Å². The SMILES string of the molecule is CC(C)c1cc(Br)ccc1OCc1ccc(CN)cc1F. The lowest BCUT2D eigenvalue weighted by atomic mass is 10.0. The normalized spacial score (nSPS) is 11.0. The Morgan fingerprint density at radius 3 is 2.57 bits per heavy atom. The summed E-state index contributed by atoms with van der Waals surface area (Å²) in [6, 6.07) is 10.9. The standard InChI is InChI=1S/C17H19BrFNO/c1-11(2)15-8-14(18)5-6-17(15)21-10-13-4-3-12(9-20)7-16(13)19/h3-8,11H,9-10,20H2,1-2H3. The van der Waals surface area contributed by atoms with Crippen molar-refractivity contribution in [1.29, 1.82) is 0 Å². The van der Waals surface area contributed by atoms with Gasteiger partial charge >= 0.3 is 0 Å². The average Bonchev–Trinajstić information content (AvgIpc) is 2.46. The first-order valence-electron chi connectivity index (χ1n) is 6.91. The summed E-state index contributed by atoms with van der Waals surface area (Å²) in [6.07, 6.45) is 0. The fourth-order valence-corrected chi connectivity index (χ4v) is 2.47. The van der Waals surface area contributed by atoms with Crippen LogP contribution in [-0.4, -0.2) is 0 Å². The van der Waals surface area contributed by atoms with Crippen LogP contribution in [0.1, 0.15) is 36.5 Å². The third-order valence-electron chi connectivity index (χ3n) is 3.33. The van der Waals surface area contributed by atoms with Crippen LogP contribution in [0.5, 0.6) is 5.75 Å². The van der Waals surface area contributed by atoms with Crippen molar-refractivity contribution >= 4 is 15.9 Å². The molecule has 0 spiro atoms. The van der Waals surface area contributed by atoms with E-state index in [1.807, 2.05) is 24.3 Å². The molecule has 2 aromatic rings. The minimum absolute atomic E-state index is 0.206. The molecule has 0 aliphatic heterocycles. The Labute approximate surface area is 133 Å². The lowest BCUT2D eigenvalue weighted by molar-refractivity contribution is 0.295. The van der Waals surface area contributed by atoms with Gasteiger partial charge in [0.25, 0.3) is 0 Å². The Hall–Kier alpha value is -1.39. The zero-order valence-corrected chi connectivity index (χ0v) is 13.8. The molecule has 0 atom stereocenters. The van der Waals surface area contributed by atoms with E-state index in [1.54, 1.807) is 6.07 Å². The Morgan fingerprint density at radius 1 is 1.19 bits per heavy atom. The number of nitrogens with two attached hydrogens (primary N) is 1. The molecule has 0 aliphatic carbocycles. The Bertz CT molecular complexity index is 628. The summed E-state index contributed by atoms with van der Waals surface area (Å²) >= 11 is 3.46. The molecule has 21 heavy (non-hydrogen) atoms. The summed E-state index contributed by atoms with van der Waals surface area (Å²) in [4.78, 5) is 0. The fourth-order valence-electron chi connectivity index (χ4n) is 2.09. The minimum Gasteiger partial charge on any atom is -0.489 e. The van der Waals surface area contributed by atoms with E-state index < -0.39 is 0 Å². The fraction of sp³-hybridized carbons (Fsp3) is 0.294. The quantitative estimate of drug-likeness (QED) is 0.843. The molecule has 0 radical (unpaired) electrons. The van der Waals surface area contributed by atoms with Crippen molar-refractivity contribution < 1.29 is 9.13 Å². The molecule has 112 valence electrons. The molecular weight excluding hydrogens is 333 g/mol. The van der Waals surface area contributed by atoms with Crippen LogP contribution in [-0.2, 0) is 13.2 Å². The molecule has 2 nitrogen and oxygen atoms in total. The van der Waals surface area contributed by atoms with Gasteiger partial charge in [-0.25, -0.2) is 4.39 Å². The summed E-state index contributed by atoms with van der Waals surface area (Å²) < 4.78 is 20.7. The second-order valence-electron chi connectivity index (χ2n) is 5.26. The van der Waals surface area contributed by atoms with Crippen molar-refractivity contribution in [2.45, 2.75) is 32.9 Å². The molecule has 0 bridgehead atoms. The van der Waals surface area contributed by atoms with Crippen LogP contribution in [0.25, 0.3) is 0 Å². The largest absolute Gasteiger partial charge is 0.489 e. The van der Waals surface area contributed by atoms with Crippen molar-refractivity contribution in [1.82, 2.24) is 0 Å². The molecule has 0 fully saturated rings. The van der Waals surface area contributed by atoms with Gasteiger partial charge in [-0.05, 0) is 41.3 Å². The summed E-state index contributed by atoms with van der Waals surface area (Å²) in [7, 11) is 0. The van der Waals surface area contributed by atoms with Crippen LogP contribution >= 0.6 is 15.9 Å². The van der Waals surface area contributed by atoms with E-state index in [0.717, 1.165) is 21.3 Å². The molecular formula is C17H19BrFNO. The van der Waals surface area contributed by atoms with Gasteiger partial charge in [-0.1, -0.05) is 41.9 Å². The maximum Gasteiger partial charge on any atom is 0.130 e. The van der Waals surface area contributed by atoms with Crippen LogP contribution in [0, 0.1) is 5.82 Å². The van der Waals surface area contributed by atoms with Crippen molar-refractivity contribution in [2.24, 2.45) is 5.73 Å². The number of halogens is 2. The summed E-state index contributed by atoms with van der Waals surface area (Å²) in [5.41, 5.74) is 7.91.